The van der Waals surface area contributed by atoms with Gasteiger partial charge in [-0.3, -0.25) is 0 Å². The second-order valence-corrected chi connectivity index (χ2v) is 7.54. The summed E-state index contributed by atoms with van der Waals surface area (Å²) in [5.74, 6) is 0. The van der Waals surface area contributed by atoms with Crippen molar-refractivity contribution in [2.24, 2.45) is 0 Å². The summed E-state index contributed by atoms with van der Waals surface area (Å²) >= 11 is 0. The topological polar surface area (TPSA) is 16.6 Å². The molecule has 0 saturated heterocycles. The average Bonchev–Trinajstić information content (AvgIpc) is 2.53. The van der Waals surface area contributed by atoms with E-state index in [2.05, 4.69) is 32.2 Å². The molecule has 0 spiro atoms. The predicted molar refractivity (Wildman–Crippen MR) is 106 cm³/mol. The van der Waals surface area contributed by atoms with Crippen molar-refractivity contribution < 1.29 is 17.7 Å². The first-order valence-corrected chi connectivity index (χ1v) is 10.7. The molecule has 2 heteroatoms. The van der Waals surface area contributed by atoms with E-state index in [0.29, 0.717) is 0 Å². The van der Waals surface area contributed by atoms with E-state index in [9.17, 15) is 0 Å². The van der Waals surface area contributed by atoms with Crippen LogP contribution in [0.3, 0.4) is 0 Å². The van der Waals surface area contributed by atoms with Gasteiger partial charge in [0.1, 0.15) is 0 Å². The van der Waals surface area contributed by atoms with Gasteiger partial charge in [-0.1, -0.05) is 96.0 Å². The molecule has 0 heterocycles. The fourth-order valence-electron chi connectivity index (χ4n) is 3.10. The smallest absolute Gasteiger partial charge is 0.0944 e. The number of hydrogen-bond acceptors (Lipinski definition) is 0. The largest absolute Gasteiger partial charge is 1.00 e. The lowest BCUT2D eigenvalue weighted by Crippen LogP contribution is -3.00. The summed E-state index contributed by atoms with van der Waals surface area (Å²) in [4.78, 5) is 0. The van der Waals surface area contributed by atoms with Gasteiger partial charge in [-0.2, -0.15) is 0 Å². The Morgan fingerprint density at radius 3 is 1.38 bits per heavy atom. The van der Waals surface area contributed by atoms with Gasteiger partial charge in [0.05, 0.1) is 13.1 Å². The molecule has 0 aliphatic carbocycles. The van der Waals surface area contributed by atoms with Crippen molar-refractivity contribution in [1.29, 1.82) is 0 Å². The highest BCUT2D eigenvalue weighted by Crippen LogP contribution is 2.13. The number of allylic oxidation sites excluding steroid dienone is 1. The molecule has 0 aromatic heterocycles. The van der Waals surface area contributed by atoms with Crippen LogP contribution in [0.1, 0.15) is 117 Å². The second kappa shape index (κ2) is 23.0. The molecule has 0 aliphatic rings. The van der Waals surface area contributed by atoms with Crippen molar-refractivity contribution in [2.75, 3.05) is 13.1 Å². The zero-order valence-electron chi connectivity index (χ0n) is 17.1. The molecule has 0 atom stereocenters. The van der Waals surface area contributed by atoms with E-state index in [1.165, 1.54) is 115 Å². The number of unbranched alkanes of at least 4 members (excludes halogenated alkanes) is 14. The van der Waals surface area contributed by atoms with Crippen LogP contribution in [0.15, 0.2) is 11.6 Å². The van der Waals surface area contributed by atoms with E-state index >= 15 is 0 Å². The zero-order valence-corrected chi connectivity index (χ0v) is 17.8. The molecule has 146 valence electrons. The van der Waals surface area contributed by atoms with Crippen molar-refractivity contribution in [3.8, 4) is 0 Å². The molecule has 0 amide bonds. The molecule has 0 aliphatic heterocycles. The Hall–Kier alpha value is -0.0100. The average molecular weight is 360 g/mol. The van der Waals surface area contributed by atoms with Gasteiger partial charge in [-0.05, 0) is 32.8 Å². The molecule has 24 heavy (non-hydrogen) atoms. The minimum atomic E-state index is 0. The fourth-order valence-corrected chi connectivity index (χ4v) is 3.10. The van der Waals surface area contributed by atoms with Crippen LogP contribution in [-0.2, 0) is 0 Å². The van der Waals surface area contributed by atoms with Crippen molar-refractivity contribution in [3.05, 3.63) is 11.6 Å². The van der Waals surface area contributed by atoms with Crippen LogP contribution in [-0.4, -0.2) is 13.1 Å². The SMILES string of the molecule is CCCCCCCCCCCCCCCCC[NH2+]CC=C(C)C.[Cl-]. The Kier molecular flexibility index (Phi) is 25.1. The highest BCUT2D eigenvalue weighted by Gasteiger charge is 1.95. The molecule has 1 nitrogen and oxygen atoms in total. The van der Waals surface area contributed by atoms with Crippen molar-refractivity contribution >= 4 is 0 Å². The molecule has 0 unspecified atom stereocenters. The minimum Gasteiger partial charge on any atom is -1.00 e. The third kappa shape index (κ3) is 24.2. The fraction of sp³-hybridized carbons (Fsp3) is 0.909. The highest BCUT2D eigenvalue weighted by atomic mass is 35.5. The Bertz CT molecular complexity index is 246. The molecular weight excluding hydrogens is 314 g/mol. The number of quaternary nitrogens is 1. The van der Waals surface area contributed by atoms with E-state index < -0.39 is 0 Å². The highest BCUT2D eigenvalue weighted by molar-refractivity contribution is 4.91. The van der Waals surface area contributed by atoms with Crippen LogP contribution >= 0.6 is 0 Å². The standard InChI is InChI=1S/C22H45N.ClH/c1-4-5-6-7-8-9-10-11-12-13-14-15-16-17-18-20-23-21-19-22(2)3;/h19,23H,4-18,20-21H2,1-3H3;1H. The van der Waals surface area contributed by atoms with Crippen molar-refractivity contribution in [1.82, 2.24) is 0 Å². The summed E-state index contributed by atoms with van der Waals surface area (Å²) in [6, 6.07) is 0. The van der Waals surface area contributed by atoms with E-state index in [0.717, 1.165) is 0 Å². The van der Waals surface area contributed by atoms with Gasteiger partial charge in [0.2, 0.25) is 0 Å². The van der Waals surface area contributed by atoms with E-state index in [1.54, 1.807) is 0 Å². The molecule has 0 aromatic carbocycles. The lowest BCUT2D eigenvalue weighted by Gasteiger charge is -2.03. The number of halogens is 1. The minimum absolute atomic E-state index is 0. The molecule has 0 bridgehead atoms. The van der Waals surface area contributed by atoms with Gasteiger partial charge in [0, 0.05) is 0 Å². The van der Waals surface area contributed by atoms with Gasteiger partial charge in [0.25, 0.3) is 0 Å². The Balaban J connectivity index is 0. The third-order valence-electron chi connectivity index (χ3n) is 4.70. The van der Waals surface area contributed by atoms with Crippen molar-refractivity contribution in [2.45, 2.75) is 117 Å². The Morgan fingerprint density at radius 1 is 0.625 bits per heavy atom. The Morgan fingerprint density at radius 2 is 1.00 bits per heavy atom. The third-order valence-corrected chi connectivity index (χ3v) is 4.70. The summed E-state index contributed by atoms with van der Waals surface area (Å²) in [5.41, 5.74) is 1.44. The van der Waals surface area contributed by atoms with Gasteiger partial charge >= 0.3 is 0 Å². The normalized spacial score (nSPS) is 10.5. The van der Waals surface area contributed by atoms with Crippen LogP contribution in [0, 0.1) is 0 Å². The first-order valence-electron chi connectivity index (χ1n) is 10.7. The van der Waals surface area contributed by atoms with Gasteiger partial charge in [-0.15, -0.1) is 0 Å². The van der Waals surface area contributed by atoms with E-state index in [4.69, 9.17) is 0 Å². The maximum absolute atomic E-state index is 2.44. The maximum Gasteiger partial charge on any atom is 0.0944 e. The van der Waals surface area contributed by atoms with Gasteiger partial charge < -0.3 is 17.7 Å². The summed E-state index contributed by atoms with van der Waals surface area (Å²) < 4.78 is 0. The van der Waals surface area contributed by atoms with E-state index in [-0.39, 0.29) is 12.4 Å². The van der Waals surface area contributed by atoms with Crippen LogP contribution in [0.2, 0.25) is 0 Å². The summed E-state index contributed by atoms with van der Waals surface area (Å²) in [6.45, 7) is 9.14. The van der Waals surface area contributed by atoms with Crippen molar-refractivity contribution in [3.63, 3.8) is 0 Å². The molecule has 0 fully saturated rings. The lowest BCUT2D eigenvalue weighted by molar-refractivity contribution is -0.646. The van der Waals surface area contributed by atoms with Crippen LogP contribution < -0.4 is 17.7 Å². The molecular formula is C22H46ClN. The van der Waals surface area contributed by atoms with Gasteiger partial charge in [0.15, 0.2) is 0 Å². The van der Waals surface area contributed by atoms with Crippen LogP contribution in [0.5, 0.6) is 0 Å². The second-order valence-electron chi connectivity index (χ2n) is 7.54. The molecule has 0 saturated carbocycles. The summed E-state index contributed by atoms with van der Waals surface area (Å²) in [6.07, 6.45) is 24.1. The molecule has 2 N–H and O–H groups in total. The Labute approximate surface area is 159 Å². The quantitative estimate of drug-likeness (QED) is 0.285. The van der Waals surface area contributed by atoms with Crippen LogP contribution in [0.4, 0.5) is 0 Å². The number of hydrogen-bond donors (Lipinski definition) is 1. The lowest BCUT2D eigenvalue weighted by atomic mass is 10.0. The van der Waals surface area contributed by atoms with Gasteiger partial charge in [-0.25, -0.2) is 0 Å². The molecule has 0 rings (SSSR count). The first kappa shape index (κ1) is 26.2. The molecule has 0 radical (unpaired) electrons. The predicted octanol–water partition coefficient (Wildman–Crippen LogP) is 3.39. The summed E-state index contributed by atoms with van der Waals surface area (Å²) in [7, 11) is 0. The van der Waals surface area contributed by atoms with Crippen LogP contribution in [0.25, 0.3) is 0 Å². The summed E-state index contributed by atoms with van der Waals surface area (Å²) in [5, 5.41) is 2.44. The number of nitrogens with two attached hydrogens (primary N) is 1. The van der Waals surface area contributed by atoms with E-state index in [1.807, 2.05) is 0 Å². The molecule has 0 aromatic rings. The monoisotopic (exact) mass is 359 g/mol. The maximum atomic E-state index is 2.44. The number of rotatable bonds is 18. The zero-order chi connectivity index (χ0) is 17.0. The first-order chi connectivity index (χ1) is 11.3.